The van der Waals surface area contributed by atoms with E-state index >= 15 is 0 Å². The Kier molecular flexibility index (Phi) is 5.55. The second-order valence-corrected chi connectivity index (χ2v) is 5.35. The van der Waals surface area contributed by atoms with E-state index < -0.39 is 11.5 Å². The third-order valence-corrected chi connectivity index (χ3v) is 3.65. The Morgan fingerprint density at radius 3 is 2.32 bits per heavy atom. The Bertz CT molecular complexity index is 413. The van der Waals surface area contributed by atoms with Gasteiger partial charge in [-0.2, -0.15) is 0 Å². The molecule has 0 amide bonds. The Balaban J connectivity index is 2.81. The molecule has 0 aromatic heterocycles. The molecule has 0 saturated heterocycles. The van der Waals surface area contributed by atoms with Crippen LogP contribution in [-0.4, -0.2) is 16.6 Å². The van der Waals surface area contributed by atoms with E-state index in [1.807, 2.05) is 13.8 Å². The first kappa shape index (κ1) is 15.7. The van der Waals surface area contributed by atoms with Crippen molar-refractivity contribution in [3.8, 4) is 0 Å². The van der Waals surface area contributed by atoms with E-state index in [9.17, 15) is 9.90 Å². The molecule has 3 nitrogen and oxygen atoms in total. The van der Waals surface area contributed by atoms with Crippen LogP contribution in [0.25, 0.3) is 0 Å². The molecular weight excluding hydrogens is 238 g/mol. The average molecular weight is 263 g/mol. The maximum atomic E-state index is 11.4. The number of benzene rings is 1. The van der Waals surface area contributed by atoms with Crippen LogP contribution in [0.2, 0.25) is 0 Å². The van der Waals surface area contributed by atoms with E-state index in [1.54, 1.807) is 6.92 Å². The summed E-state index contributed by atoms with van der Waals surface area (Å²) in [6.07, 6.45) is 2.49. The normalized spacial score (nSPS) is 15.8. The third kappa shape index (κ3) is 4.06. The van der Waals surface area contributed by atoms with Gasteiger partial charge in [-0.05, 0) is 37.8 Å². The number of hydrogen-bond acceptors (Lipinski definition) is 2. The van der Waals surface area contributed by atoms with Crippen molar-refractivity contribution in [3.05, 3.63) is 35.4 Å². The molecule has 0 aliphatic rings. The first-order valence-electron chi connectivity index (χ1n) is 7.03. The molecule has 2 atom stereocenters. The van der Waals surface area contributed by atoms with Gasteiger partial charge < -0.3 is 5.11 Å². The maximum absolute atomic E-state index is 11.4. The third-order valence-electron chi connectivity index (χ3n) is 3.65. The molecule has 0 aliphatic heterocycles. The molecule has 0 spiro atoms. The summed E-state index contributed by atoms with van der Waals surface area (Å²) in [6.45, 7) is 7.90. The Hall–Kier alpha value is -1.35. The zero-order chi connectivity index (χ0) is 14.5. The van der Waals surface area contributed by atoms with Gasteiger partial charge in [0.1, 0.15) is 5.54 Å². The van der Waals surface area contributed by atoms with Gasteiger partial charge in [-0.25, -0.2) is 0 Å². The van der Waals surface area contributed by atoms with Gasteiger partial charge in [-0.3, -0.25) is 10.1 Å². The van der Waals surface area contributed by atoms with Crippen LogP contribution >= 0.6 is 0 Å². The molecule has 0 bridgehead atoms. The maximum Gasteiger partial charge on any atom is 0.323 e. The Morgan fingerprint density at radius 2 is 1.89 bits per heavy atom. The summed E-state index contributed by atoms with van der Waals surface area (Å²) in [6, 6.07) is 8.38. The average Bonchev–Trinajstić information content (AvgIpc) is 2.38. The van der Waals surface area contributed by atoms with E-state index in [4.69, 9.17) is 0 Å². The molecule has 2 unspecified atom stereocenters. The molecule has 1 aromatic rings. The van der Waals surface area contributed by atoms with E-state index in [1.165, 1.54) is 5.56 Å². The van der Waals surface area contributed by atoms with E-state index in [0.717, 1.165) is 18.4 Å². The largest absolute Gasteiger partial charge is 0.480 e. The van der Waals surface area contributed by atoms with Gasteiger partial charge >= 0.3 is 5.97 Å². The van der Waals surface area contributed by atoms with Crippen LogP contribution in [0.4, 0.5) is 0 Å². The van der Waals surface area contributed by atoms with Gasteiger partial charge in [0.05, 0.1) is 0 Å². The highest BCUT2D eigenvalue weighted by atomic mass is 16.4. The van der Waals surface area contributed by atoms with Gasteiger partial charge in [0, 0.05) is 6.04 Å². The number of carboxylic acid groups (broad SMARTS) is 1. The van der Waals surface area contributed by atoms with Crippen LogP contribution in [0.1, 0.15) is 57.7 Å². The predicted octanol–water partition coefficient (Wildman–Crippen LogP) is 3.54. The topological polar surface area (TPSA) is 49.3 Å². The van der Waals surface area contributed by atoms with Gasteiger partial charge in [0.15, 0.2) is 0 Å². The van der Waals surface area contributed by atoms with Gasteiger partial charge in [0.25, 0.3) is 0 Å². The lowest BCUT2D eigenvalue weighted by Crippen LogP contribution is -2.50. The molecule has 2 N–H and O–H groups in total. The molecule has 3 heteroatoms. The lowest BCUT2D eigenvalue weighted by Gasteiger charge is -2.30. The number of nitrogens with one attached hydrogen (secondary N) is 1. The summed E-state index contributed by atoms with van der Waals surface area (Å²) in [4.78, 5) is 11.4. The van der Waals surface area contributed by atoms with Crippen LogP contribution in [0.15, 0.2) is 24.3 Å². The van der Waals surface area contributed by atoms with Gasteiger partial charge in [-0.15, -0.1) is 0 Å². The minimum Gasteiger partial charge on any atom is -0.480 e. The summed E-state index contributed by atoms with van der Waals surface area (Å²) in [5, 5.41) is 12.6. The van der Waals surface area contributed by atoms with E-state index in [0.29, 0.717) is 6.42 Å². The molecule has 0 fully saturated rings. The quantitative estimate of drug-likeness (QED) is 0.791. The van der Waals surface area contributed by atoms with Crippen molar-refractivity contribution >= 4 is 5.97 Å². The molecule has 1 rings (SSSR count). The predicted molar refractivity (Wildman–Crippen MR) is 78.3 cm³/mol. The smallest absolute Gasteiger partial charge is 0.323 e. The highest BCUT2D eigenvalue weighted by molar-refractivity contribution is 5.78. The fraction of sp³-hybridized carbons (Fsp3) is 0.562. The summed E-state index contributed by atoms with van der Waals surface area (Å²) in [7, 11) is 0. The van der Waals surface area contributed by atoms with E-state index in [2.05, 4.69) is 36.5 Å². The summed E-state index contributed by atoms with van der Waals surface area (Å²) in [5.74, 6) is -0.786. The van der Waals surface area contributed by atoms with Crippen LogP contribution in [0, 0.1) is 0 Å². The molecule has 1 aromatic carbocycles. The molecule has 106 valence electrons. The molecule has 0 saturated carbocycles. The van der Waals surface area contributed by atoms with Crippen LogP contribution in [0.3, 0.4) is 0 Å². The van der Waals surface area contributed by atoms with E-state index in [-0.39, 0.29) is 6.04 Å². The lowest BCUT2D eigenvalue weighted by atomic mass is 9.93. The Labute approximate surface area is 116 Å². The minimum atomic E-state index is -0.863. The lowest BCUT2D eigenvalue weighted by molar-refractivity contribution is -0.144. The highest BCUT2D eigenvalue weighted by Crippen LogP contribution is 2.21. The summed E-state index contributed by atoms with van der Waals surface area (Å²) in [5.41, 5.74) is 1.56. The number of aryl methyl sites for hydroxylation is 1. The van der Waals surface area contributed by atoms with Gasteiger partial charge in [0.2, 0.25) is 0 Å². The number of rotatable bonds is 7. The van der Waals surface area contributed by atoms with Crippen molar-refractivity contribution in [1.29, 1.82) is 0 Å². The van der Waals surface area contributed by atoms with Crippen LogP contribution in [-0.2, 0) is 11.2 Å². The Morgan fingerprint density at radius 1 is 1.32 bits per heavy atom. The molecule has 0 heterocycles. The number of aliphatic carboxylic acids is 1. The van der Waals surface area contributed by atoms with Crippen molar-refractivity contribution < 1.29 is 9.90 Å². The fourth-order valence-corrected chi connectivity index (χ4v) is 2.34. The first-order chi connectivity index (χ1) is 8.92. The van der Waals surface area contributed by atoms with Crippen molar-refractivity contribution in [3.63, 3.8) is 0 Å². The first-order valence-corrected chi connectivity index (χ1v) is 7.03. The zero-order valence-electron chi connectivity index (χ0n) is 12.4. The number of carbonyl (C=O) groups is 1. The minimum absolute atomic E-state index is 0.0264. The van der Waals surface area contributed by atoms with Gasteiger partial charge in [-0.1, -0.05) is 44.5 Å². The second-order valence-electron chi connectivity index (χ2n) is 5.35. The molecule has 19 heavy (non-hydrogen) atoms. The van der Waals surface area contributed by atoms with Crippen molar-refractivity contribution in [2.24, 2.45) is 0 Å². The number of hydrogen-bond donors (Lipinski definition) is 2. The fourth-order valence-electron chi connectivity index (χ4n) is 2.34. The molecule has 0 radical (unpaired) electrons. The second kappa shape index (κ2) is 6.71. The van der Waals surface area contributed by atoms with Crippen molar-refractivity contribution in [1.82, 2.24) is 5.32 Å². The monoisotopic (exact) mass is 263 g/mol. The van der Waals surface area contributed by atoms with Crippen LogP contribution < -0.4 is 5.32 Å². The van der Waals surface area contributed by atoms with Crippen molar-refractivity contribution in [2.75, 3.05) is 0 Å². The highest BCUT2D eigenvalue weighted by Gasteiger charge is 2.33. The SMILES string of the molecule is CCCC(C)(NC(C)c1ccc(CC)cc1)C(=O)O. The molecular formula is C16H25NO2. The zero-order valence-corrected chi connectivity index (χ0v) is 12.4. The number of carboxylic acids is 1. The summed E-state index contributed by atoms with van der Waals surface area (Å²) < 4.78 is 0. The molecule has 0 aliphatic carbocycles. The van der Waals surface area contributed by atoms with Crippen molar-refractivity contribution in [2.45, 2.75) is 58.5 Å². The van der Waals surface area contributed by atoms with Crippen LogP contribution in [0.5, 0.6) is 0 Å². The standard InChI is InChI=1S/C16H25NO2/c1-5-11-16(4,15(18)19)17-12(3)14-9-7-13(6-2)8-10-14/h7-10,12,17H,5-6,11H2,1-4H3,(H,18,19). The summed E-state index contributed by atoms with van der Waals surface area (Å²) >= 11 is 0.